The molecule has 2 aliphatic rings. The van der Waals surface area contributed by atoms with E-state index in [2.05, 4.69) is 61.7 Å². The minimum absolute atomic E-state index is 0.865. The molecule has 4 aromatic rings. The van der Waals surface area contributed by atoms with Gasteiger partial charge in [-0.25, -0.2) is 0 Å². The number of para-hydroxylation sites is 1. The third-order valence-electron chi connectivity index (χ3n) is 5.97. The van der Waals surface area contributed by atoms with E-state index in [-0.39, 0.29) is 0 Å². The van der Waals surface area contributed by atoms with Gasteiger partial charge in [0.2, 0.25) is 0 Å². The Morgan fingerprint density at radius 2 is 1.69 bits per heavy atom. The van der Waals surface area contributed by atoms with E-state index in [0.717, 1.165) is 56.1 Å². The molecule has 0 unspecified atom stereocenters. The zero-order valence-corrected chi connectivity index (χ0v) is 16.9. The molecular formula is C23H22N4OS. The summed E-state index contributed by atoms with van der Waals surface area (Å²) in [6.45, 7) is 6.18. The lowest BCUT2D eigenvalue weighted by atomic mass is 10.1. The molecule has 0 saturated carbocycles. The van der Waals surface area contributed by atoms with Crippen molar-refractivity contribution in [2.45, 2.75) is 4.90 Å². The molecule has 1 saturated heterocycles. The molecule has 5 nitrogen and oxygen atoms in total. The van der Waals surface area contributed by atoms with Crippen LogP contribution in [-0.4, -0.2) is 49.3 Å². The predicted molar refractivity (Wildman–Crippen MR) is 120 cm³/mol. The molecule has 29 heavy (non-hydrogen) atoms. The minimum atomic E-state index is 0.865. The van der Waals surface area contributed by atoms with Crippen molar-refractivity contribution >= 4 is 45.2 Å². The highest BCUT2D eigenvalue weighted by atomic mass is 32.2. The first kappa shape index (κ1) is 17.2. The monoisotopic (exact) mass is 402 g/mol. The molecule has 0 N–H and O–H groups in total. The Morgan fingerprint density at radius 3 is 2.59 bits per heavy atom. The number of fused-ring (bicyclic) bond motifs is 1. The van der Waals surface area contributed by atoms with E-state index in [1.54, 1.807) is 0 Å². The summed E-state index contributed by atoms with van der Waals surface area (Å²) in [5.41, 5.74) is 2.22. The van der Waals surface area contributed by atoms with Gasteiger partial charge in [-0.3, -0.25) is 4.90 Å². The van der Waals surface area contributed by atoms with Crippen molar-refractivity contribution in [2.75, 3.05) is 48.5 Å². The zero-order valence-electron chi connectivity index (χ0n) is 16.1. The van der Waals surface area contributed by atoms with Crippen molar-refractivity contribution in [3.8, 4) is 0 Å². The van der Waals surface area contributed by atoms with Crippen molar-refractivity contribution < 1.29 is 4.52 Å². The molecule has 0 radical (unpaired) electrons. The molecule has 6 heteroatoms. The molecular weight excluding hydrogens is 380 g/mol. The number of nitrogens with zero attached hydrogens (tertiary/aromatic N) is 4. The van der Waals surface area contributed by atoms with Gasteiger partial charge in [0.05, 0.1) is 11.1 Å². The molecule has 3 aromatic carbocycles. The van der Waals surface area contributed by atoms with Gasteiger partial charge in [-0.05, 0) is 41.6 Å². The van der Waals surface area contributed by atoms with Crippen LogP contribution in [0.15, 0.2) is 70.1 Å². The smallest absolute Gasteiger partial charge is 0.180 e. The highest BCUT2D eigenvalue weighted by molar-refractivity contribution is 8.01. The van der Waals surface area contributed by atoms with E-state index < -0.39 is 0 Å². The first-order valence-corrected chi connectivity index (χ1v) is 10.9. The summed E-state index contributed by atoms with van der Waals surface area (Å²) in [5, 5.41) is 8.17. The quantitative estimate of drug-likeness (QED) is 0.463. The van der Waals surface area contributed by atoms with Crippen LogP contribution in [0.1, 0.15) is 0 Å². The number of rotatable bonds is 4. The van der Waals surface area contributed by atoms with E-state index in [4.69, 9.17) is 4.52 Å². The summed E-state index contributed by atoms with van der Waals surface area (Å²) in [5.74, 6) is 0.984. The van der Waals surface area contributed by atoms with Crippen LogP contribution < -0.4 is 9.21 Å². The lowest BCUT2D eigenvalue weighted by Crippen LogP contribution is -2.48. The average Bonchev–Trinajstić information content (AvgIpc) is 3.36. The van der Waals surface area contributed by atoms with E-state index >= 15 is 0 Å². The van der Waals surface area contributed by atoms with E-state index in [1.807, 2.05) is 30.1 Å². The average molecular weight is 403 g/mol. The van der Waals surface area contributed by atoms with Crippen LogP contribution in [0.2, 0.25) is 0 Å². The van der Waals surface area contributed by atoms with Crippen molar-refractivity contribution in [1.82, 2.24) is 10.1 Å². The van der Waals surface area contributed by atoms with Crippen LogP contribution in [0.4, 0.5) is 11.5 Å². The standard InChI is InChI=1S/C23H22N4OS/c1-2-9-20-18(7-1)23(24-28-20)26-14-11-25(12-15-26)13-16-27-19-8-3-5-17-6-4-10-21(29-27)22(17)19/h1-10H,11-16H2. The van der Waals surface area contributed by atoms with Crippen LogP contribution in [0, 0.1) is 0 Å². The first-order chi connectivity index (χ1) is 14.4. The molecule has 146 valence electrons. The maximum Gasteiger partial charge on any atom is 0.180 e. The first-order valence-electron chi connectivity index (χ1n) is 10.2. The Labute approximate surface area is 174 Å². The van der Waals surface area contributed by atoms with Gasteiger partial charge in [-0.1, -0.05) is 41.6 Å². The fourth-order valence-corrected chi connectivity index (χ4v) is 5.54. The summed E-state index contributed by atoms with van der Waals surface area (Å²) in [4.78, 5) is 6.28. The zero-order chi connectivity index (χ0) is 19.2. The molecule has 0 spiro atoms. The molecule has 1 aromatic heterocycles. The Kier molecular flexibility index (Phi) is 4.13. The molecule has 1 fully saturated rings. The van der Waals surface area contributed by atoms with Gasteiger partial charge in [-0.2, -0.15) is 0 Å². The maximum atomic E-state index is 5.49. The molecule has 0 atom stereocenters. The van der Waals surface area contributed by atoms with Crippen LogP contribution in [0.5, 0.6) is 0 Å². The van der Waals surface area contributed by atoms with Gasteiger partial charge in [-0.15, -0.1) is 0 Å². The van der Waals surface area contributed by atoms with Crippen molar-refractivity contribution in [3.05, 3.63) is 60.7 Å². The molecule has 6 rings (SSSR count). The number of hydrogen-bond donors (Lipinski definition) is 0. The molecule has 3 heterocycles. The van der Waals surface area contributed by atoms with E-state index in [9.17, 15) is 0 Å². The van der Waals surface area contributed by atoms with Crippen molar-refractivity contribution in [1.29, 1.82) is 0 Å². The lowest BCUT2D eigenvalue weighted by Gasteiger charge is -2.35. The highest BCUT2D eigenvalue weighted by Crippen LogP contribution is 2.45. The number of anilines is 2. The van der Waals surface area contributed by atoms with Crippen LogP contribution in [-0.2, 0) is 0 Å². The van der Waals surface area contributed by atoms with Gasteiger partial charge in [0, 0.05) is 49.6 Å². The van der Waals surface area contributed by atoms with Crippen LogP contribution in [0.25, 0.3) is 21.7 Å². The molecule has 0 bridgehead atoms. The molecule has 0 aliphatic carbocycles. The molecule has 0 amide bonds. The van der Waals surface area contributed by atoms with Crippen LogP contribution in [0.3, 0.4) is 0 Å². The Bertz CT molecular complexity index is 1180. The van der Waals surface area contributed by atoms with Crippen LogP contribution >= 0.6 is 11.9 Å². The van der Waals surface area contributed by atoms with Gasteiger partial charge in [0.25, 0.3) is 0 Å². The topological polar surface area (TPSA) is 35.8 Å². The van der Waals surface area contributed by atoms with Crippen molar-refractivity contribution in [3.63, 3.8) is 0 Å². The van der Waals surface area contributed by atoms with E-state index in [1.165, 1.54) is 21.4 Å². The summed E-state index contributed by atoms with van der Waals surface area (Å²) in [6.07, 6.45) is 0. The Hall–Kier alpha value is -2.70. The molecule has 2 aliphatic heterocycles. The number of piperazine rings is 1. The Morgan fingerprint density at radius 1 is 0.862 bits per heavy atom. The third-order valence-corrected chi connectivity index (χ3v) is 7.11. The van der Waals surface area contributed by atoms with Gasteiger partial charge in [0.15, 0.2) is 11.4 Å². The number of benzene rings is 3. The van der Waals surface area contributed by atoms with Gasteiger partial charge >= 0.3 is 0 Å². The predicted octanol–water partition coefficient (Wildman–Crippen LogP) is 4.63. The van der Waals surface area contributed by atoms with Gasteiger partial charge < -0.3 is 13.7 Å². The summed E-state index contributed by atoms with van der Waals surface area (Å²) in [6, 6.07) is 21.3. The SMILES string of the molecule is c1cc2c3c(cccc3c1)N(CCN1CCN(c3noc4ccccc34)CC1)S2. The fraction of sp³-hybridized carbons (Fsp3) is 0.261. The number of hydrogen-bond acceptors (Lipinski definition) is 6. The Balaban J connectivity index is 1.10. The minimum Gasteiger partial charge on any atom is -0.354 e. The normalized spacial score (nSPS) is 17.0. The van der Waals surface area contributed by atoms with Crippen molar-refractivity contribution in [2.24, 2.45) is 0 Å². The maximum absolute atomic E-state index is 5.49. The lowest BCUT2D eigenvalue weighted by molar-refractivity contribution is 0.264. The fourth-order valence-electron chi connectivity index (χ4n) is 4.42. The number of aromatic nitrogens is 1. The second-order valence-electron chi connectivity index (χ2n) is 7.66. The second-order valence-corrected chi connectivity index (χ2v) is 8.72. The third kappa shape index (κ3) is 2.94. The largest absolute Gasteiger partial charge is 0.354 e. The van der Waals surface area contributed by atoms with Gasteiger partial charge in [0.1, 0.15) is 0 Å². The summed E-state index contributed by atoms with van der Waals surface area (Å²) >= 11 is 1.88. The van der Waals surface area contributed by atoms with E-state index in [0.29, 0.717) is 0 Å². The summed E-state index contributed by atoms with van der Waals surface area (Å²) < 4.78 is 7.94. The highest BCUT2D eigenvalue weighted by Gasteiger charge is 2.25. The second kappa shape index (κ2) is 6.97. The summed E-state index contributed by atoms with van der Waals surface area (Å²) in [7, 11) is 0.